The Labute approximate surface area is 114 Å². The maximum absolute atomic E-state index is 10.2. The van der Waals surface area contributed by atoms with Crippen LogP contribution in [0.5, 0.6) is 0 Å². The van der Waals surface area contributed by atoms with Gasteiger partial charge in [0, 0.05) is 30.6 Å². The molecule has 2 aromatic rings. The second-order valence-electron chi connectivity index (χ2n) is 5.60. The van der Waals surface area contributed by atoms with Crippen molar-refractivity contribution in [2.45, 2.75) is 19.1 Å². The van der Waals surface area contributed by atoms with Gasteiger partial charge in [-0.25, -0.2) is 0 Å². The highest BCUT2D eigenvalue weighted by atomic mass is 16.3. The number of para-hydroxylation sites is 1. The number of fused-ring (bicyclic) bond motifs is 1. The molecule has 0 aliphatic rings. The van der Waals surface area contributed by atoms with Crippen LogP contribution in [0, 0.1) is 0 Å². The molecule has 4 nitrogen and oxygen atoms in total. The smallest absolute Gasteiger partial charge is 0.134 e. The van der Waals surface area contributed by atoms with E-state index < -0.39 is 5.60 Å². The fraction of sp³-hybridized carbons (Fsp3) is 0.467. The Morgan fingerprint density at radius 1 is 1.32 bits per heavy atom. The zero-order valence-corrected chi connectivity index (χ0v) is 11.8. The molecule has 0 fully saturated rings. The molecule has 2 N–H and O–H groups in total. The predicted octanol–water partition coefficient (Wildman–Crippen LogP) is 1.83. The molecule has 1 aromatic carbocycles. The molecule has 0 spiro atoms. The Morgan fingerprint density at radius 2 is 2.05 bits per heavy atom. The van der Waals surface area contributed by atoms with E-state index in [1.54, 1.807) is 6.26 Å². The molecule has 19 heavy (non-hydrogen) atoms. The van der Waals surface area contributed by atoms with E-state index in [4.69, 9.17) is 4.42 Å². The van der Waals surface area contributed by atoms with Crippen LogP contribution in [0.3, 0.4) is 0 Å². The minimum atomic E-state index is -0.733. The third kappa shape index (κ3) is 3.80. The van der Waals surface area contributed by atoms with Crippen molar-refractivity contribution in [3.8, 4) is 0 Å². The first-order valence-corrected chi connectivity index (χ1v) is 6.51. The standard InChI is InChI=1S/C15H22N2O2/c1-15(18,11-17(2)3)10-16-8-12-9-19-14-7-5-4-6-13(12)14/h4-7,9,16,18H,8,10-11H2,1-3H3. The molecule has 0 bridgehead atoms. The molecular weight excluding hydrogens is 240 g/mol. The van der Waals surface area contributed by atoms with Crippen molar-refractivity contribution in [2.24, 2.45) is 0 Å². The van der Waals surface area contributed by atoms with E-state index in [9.17, 15) is 5.11 Å². The van der Waals surface area contributed by atoms with Gasteiger partial charge in [0.25, 0.3) is 0 Å². The van der Waals surface area contributed by atoms with Crippen molar-refractivity contribution in [1.82, 2.24) is 10.2 Å². The van der Waals surface area contributed by atoms with Crippen LogP contribution in [-0.2, 0) is 6.54 Å². The van der Waals surface area contributed by atoms with Gasteiger partial charge in [-0.15, -0.1) is 0 Å². The number of benzene rings is 1. The molecule has 1 aromatic heterocycles. The largest absolute Gasteiger partial charge is 0.464 e. The summed E-state index contributed by atoms with van der Waals surface area (Å²) in [5.41, 5.74) is 1.29. The number of nitrogens with one attached hydrogen (secondary N) is 1. The van der Waals surface area contributed by atoms with Crippen LogP contribution in [0.4, 0.5) is 0 Å². The number of rotatable bonds is 6. The van der Waals surface area contributed by atoms with Gasteiger partial charge in [0.05, 0.1) is 11.9 Å². The summed E-state index contributed by atoms with van der Waals surface area (Å²) >= 11 is 0. The molecule has 1 heterocycles. The molecule has 0 saturated heterocycles. The van der Waals surface area contributed by atoms with E-state index >= 15 is 0 Å². The Bertz CT molecular complexity index is 532. The van der Waals surface area contributed by atoms with E-state index in [0.717, 1.165) is 16.5 Å². The fourth-order valence-corrected chi connectivity index (χ4v) is 2.37. The number of aliphatic hydroxyl groups is 1. The summed E-state index contributed by atoms with van der Waals surface area (Å²) in [6.45, 7) is 3.71. The first-order chi connectivity index (χ1) is 8.98. The van der Waals surface area contributed by atoms with Gasteiger partial charge in [0.1, 0.15) is 5.58 Å². The van der Waals surface area contributed by atoms with Crippen molar-refractivity contribution >= 4 is 11.0 Å². The Kier molecular flexibility index (Phi) is 4.24. The lowest BCUT2D eigenvalue weighted by atomic mass is 10.1. The molecule has 1 atom stereocenters. The highest BCUT2D eigenvalue weighted by Gasteiger charge is 2.20. The maximum Gasteiger partial charge on any atom is 0.134 e. The number of likely N-dealkylation sites (N-methyl/N-ethyl adjacent to an activating group) is 1. The van der Waals surface area contributed by atoms with Gasteiger partial charge in [-0.2, -0.15) is 0 Å². The summed E-state index contributed by atoms with van der Waals surface area (Å²) in [6.07, 6.45) is 1.78. The normalized spacial score (nSPS) is 15.0. The fourth-order valence-electron chi connectivity index (χ4n) is 2.37. The number of furan rings is 1. The zero-order chi connectivity index (χ0) is 13.9. The van der Waals surface area contributed by atoms with Gasteiger partial charge in [-0.1, -0.05) is 18.2 Å². The van der Waals surface area contributed by atoms with Crippen molar-refractivity contribution in [2.75, 3.05) is 27.2 Å². The number of hydrogen-bond donors (Lipinski definition) is 2. The minimum Gasteiger partial charge on any atom is -0.464 e. The van der Waals surface area contributed by atoms with E-state index in [-0.39, 0.29) is 0 Å². The Morgan fingerprint density at radius 3 is 2.79 bits per heavy atom. The van der Waals surface area contributed by atoms with Gasteiger partial charge < -0.3 is 19.7 Å². The molecule has 2 rings (SSSR count). The third-order valence-corrected chi connectivity index (χ3v) is 3.04. The van der Waals surface area contributed by atoms with Crippen molar-refractivity contribution in [3.05, 3.63) is 36.1 Å². The lowest BCUT2D eigenvalue weighted by Crippen LogP contribution is -2.45. The van der Waals surface area contributed by atoms with Gasteiger partial charge in [-0.3, -0.25) is 0 Å². The summed E-state index contributed by atoms with van der Waals surface area (Å²) in [4.78, 5) is 1.98. The molecule has 1 unspecified atom stereocenters. The molecular formula is C15H22N2O2. The van der Waals surface area contributed by atoms with E-state index in [1.165, 1.54) is 0 Å². The highest BCUT2D eigenvalue weighted by Crippen LogP contribution is 2.20. The average Bonchev–Trinajstić information content (AvgIpc) is 2.71. The average molecular weight is 262 g/mol. The van der Waals surface area contributed by atoms with Crippen LogP contribution in [0.1, 0.15) is 12.5 Å². The monoisotopic (exact) mass is 262 g/mol. The van der Waals surface area contributed by atoms with Gasteiger partial charge in [0.2, 0.25) is 0 Å². The van der Waals surface area contributed by atoms with Crippen molar-refractivity contribution in [3.63, 3.8) is 0 Å². The van der Waals surface area contributed by atoms with Crippen molar-refractivity contribution in [1.29, 1.82) is 0 Å². The zero-order valence-electron chi connectivity index (χ0n) is 11.8. The predicted molar refractivity (Wildman–Crippen MR) is 77.1 cm³/mol. The molecule has 0 aliphatic heterocycles. The van der Waals surface area contributed by atoms with Crippen LogP contribution >= 0.6 is 0 Å². The lowest BCUT2D eigenvalue weighted by molar-refractivity contribution is 0.0336. The van der Waals surface area contributed by atoms with Gasteiger partial charge in [-0.05, 0) is 27.1 Å². The van der Waals surface area contributed by atoms with Crippen LogP contribution in [0.25, 0.3) is 11.0 Å². The van der Waals surface area contributed by atoms with Crippen LogP contribution < -0.4 is 5.32 Å². The number of nitrogens with zero attached hydrogens (tertiary/aromatic N) is 1. The number of hydrogen-bond acceptors (Lipinski definition) is 4. The third-order valence-electron chi connectivity index (χ3n) is 3.04. The van der Waals surface area contributed by atoms with Crippen LogP contribution in [0.15, 0.2) is 34.9 Å². The van der Waals surface area contributed by atoms with Crippen LogP contribution in [-0.4, -0.2) is 42.8 Å². The van der Waals surface area contributed by atoms with Gasteiger partial charge in [0.15, 0.2) is 0 Å². The van der Waals surface area contributed by atoms with E-state index in [0.29, 0.717) is 19.6 Å². The van der Waals surface area contributed by atoms with Gasteiger partial charge >= 0.3 is 0 Å². The summed E-state index contributed by atoms with van der Waals surface area (Å²) in [5.74, 6) is 0. The lowest BCUT2D eigenvalue weighted by Gasteiger charge is -2.27. The molecule has 0 radical (unpaired) electrons. The molecule has 0 saturated carbocycles. The molecule has 4 heteroatoms. The topological polar surface area (TPSA) is 48.6 Å². The molecule has 0 amide bonds. The van der Waals surface area contributed by atoms with Crippen LogP contribution in [0.2, 0.25) is 0 Å². The Balaban J connectivity index is 1.92. The minimum absolute atomic E-state index is 0.546. The first-order valence-electron chi connectivity index (χ1n) is 6.51. The highest BCUT2D eigenvalue weighted by molar-refractivity contribution is 5.80. The van der Waals surface area contributed by atoms with E-state index in [1.807, 2.05) is 50.2 Å². The first kappa shape index (κ1) is 14.1. The second kappa shape index (κ2) is 5.74. The Hall–Kier alpha value is -1.36. The van der Waals surface area contributed by atoms with Crippen molar-refractivity contribution < 1.29 is 9.52 Å². The maximum atomic E-state index is 10.2. The summed E-state index contributed by atoms with van der Waals surface area (Å²) < 4.78 is 5.49. The SMILES string of the molecule is CN(C)CC(C)(O)CNCc1coc2ccccc12. The molecule has 0 aliphatic carbocycles. The quantitative estimate of drug-likeness (QED) is 0.834. The van der Waals surface area contributed by atoms with E-state index in [2.05, 4.69) is 5.32 Å². The second-order valence-corrected chi connectivity index (χ2v) is 5.60. The summed E-state index contributed by atoms with van der Waals surface area (Å²) in [6, 6.07) is 7.98. The summed E-state index contributed by atoms with van der Waals surface area (Å²) in [7, 11) is 3.91. The summed E-state index contributed by atoms with van der Waals surface area (Å²) in [5, 5.41) is 14.6. The molecule has 104 valence electrons.